The molecule has 0 radical (unpaired) electrons. The Kier molecular flexibility index (Phi) is 3.78. The summed E-state index contributed by atoms with van der Waals surface area (Å²) in [6, 6.07) is 5.26. The van der Waals surface area contributed by atoms with Gasteiger partial charge in [-0.05, 0) is 44.5 Å². The molecule has 0 aliphatic carbocycles. The number of hydrogen-bond acceptors (Lipinski definition) is 3. The van der Waals surface area contributed by atoms with Gasteiger partial charge in [-0.1, -0.05) is 0 Å². The number of aliphatic hydroxyl groups is 1. The average Bonchev–Trinajstić information content (AvgIpc) is 2.25. The fourth-order valence-electron chi connectivity index (χ4n) is 1.51. The summed E-state index contributed by atoms with van der Waals surface area (Å²) in [5.74, 6) is -0.139. The highest BCUT2D eigenvalue weighted by atomic mass is 16.3. The van der Waals surface area contributed by atoms with Crippen LogP contribution in [0.1, 0.15) is 29.8 Å². The van der Waals surface area contributed by atoms with E-state index >= 15 is 0 Å². The van der Waals surface area contributed by atoms with Gasteiger partial charge >= 0.3 is 0 Å². The Morgan fingerprint density at radius 1 is 1.41 bits per heavy atom. The lowest BCUT2D eigenvalue weighted by atomic mass is 10.0. The lowest BCUT2D eigenvalue weighted by molar-refractivity contribution is 0.0473. The molecule has 0 fully saturated rings. The molecule has 0 unspecified atom stereocenters. The van der Waals surface area contributed by atoms with Gasteiger partial charge in [-0.2, -0.15) is 0 Å². The fourth-order valence-corrected chi connectivity index (χ4v) is 1.51. The molecule has 0 aliphatic rings. The van der Waals surface area contributed by atoms with E-state index in [9.17, 15) is 9.90 Å². The van der Waals surface area contributed by atoms with Crippen LogP contribution in [0.5, 0.6) is 0 Å². The number of nitrogens with two attached hydrogens (primary N) is 1. The van der Waals surface area contributed by atoms with E-state index in [1.807, 2.05) is 26.8 Å². The highest BCUT2D eigenvalue weighted by Crippen LogP contribution is 2.18. The smallest absolute Gasteiger partial charge is 0.254 e. The molecule has 4 heteroatoms. The number of carbonyl (C=O) groups excluding carboxylic acids is 1. The summed E-state index contributed by atoms with van der Waals surface area (Å²) in [7, 11) is 1.68. The molecule has 1 rings (SSSR count). The van der Waals surface area contributed by atoms with E-state index in [4.69, 9.17) is 5.73 Å². The van der Waals surface area contributed by atoms with E-state index in [1.54, 1.807) is 19.2 Å². The van der Waals surface area contributed by atoms with Gasteiger partial charge in [-0.15, -0.1) is 0 Å². The summed E-state index contributed by atoms with van der Waals surface area (Å²) in [4.78, 5) is 13.7. The summed E-state index contributed by atoms with van der Waals surface area (Å²) in [6.45, 7) is 5.43. The van der Waals surface area contributed by atoms with Gasteiger partial charge in [0.25, 0.3) is 5.91 Å². The Bertz CT molecular complexity index is 407. The van der Waals surface area contributed by atoms with Crippen molar-refractivity contribution in [3.8, 4) is 0 Å². The van der Waals surface area contributed by atoms with E-state index in [1.165, 1.54) is 4.90 Å². The predicted molar refractivity (Wildman–Crippen MR) is 68.8 cm³/mol. The SMILES string of the molecule is Cc1cc(N)cc(C(=O)N(C)C(C)(C)CO)c1. The predicted octanol–water partition coefficient (Wildman–Crippen LogP) is 1.42. The minimum absolute atomic E-state index is 0.0868. The van der Waals surface area contributed by atoms with E-state index in [2.05, 4.69) is 0 Å². The normalized spacial score (nSPS) is 11.4. The van der Waals surface area contributed by atoms with Gasteiger partial charge in [0.1, 0.15) is 0 Å². The molecule has 0 saturated heterocycles. The first-order valence-electron chi connectivity index (χ1n) is 5.54. The van der Waals surface area contributed by atoms with Gasteiger partial charge in [-0.25, -0.2) is 0 Å². The van der Waals surface area contributed by atoms with Crippen molar-refractivity contribution in [3.63, 3.8) is 0 Å². The maximum Gasteiger partial charge on any atom is 0.254 e. The maximum absolute atomic E-state index is 12.2. The van der Waals surface area contributed by atoms with Crippen molar-refractivity contribution in [2.24, 2.45) is 0 Å². The van der Waals surface area contributed by atoms with Gasteiger partial charge < -0.3 is 15.7 Å². The summed E-state index contributed by atoms with van der Waals surface area (Å²) in [5.41, 5.74) is 7.20. The number of rotatable bonds is 3. The molecule has 3 N–H and O–H groups in total. The van der Waals surface area contributed by atoms with Crippen LogP contribution in [-0.4, -0.2) is 35.1 Å². The highest BCUT2D eigenvalue weighted by molar-refractivity contribution is 5.95. The molecule has 1 amide bonds. The first-order valence-corrected chi connectivity index (χ1v) is 5.54. The zero-order chi connectivity index (χ0) is 13.2. The first kappa shape index (κ1) is 13.5. The number of likely N-dealkylation sites (N-methyl/N-ethyl adjacent to an activating group) is 1. The second kappa shape index (κ2) is 4.75. The van der Waals surface area contributed by atoms with E-state index in [0.29, 0.717) is 11.3 Å². The van der Waals surface area contributed by atoms with Crippen molar-refractivity contribution in [2.75, 3.05) is 19.4 Å². The Balaban J connectivity index is 3.04. The van der Waals surface area contributed by atoms with Crippen molar-refractivity contribution >= 4 is 11.6 Å². The number of benzene rings is 1. The van der Waals surface area contributed by atoms with Crippen molar-refractivity contribution < 1.29 is 9.90 Å². The number of nitrogens with zero attached hydrogens (tertiary/aromatic N) is 1. The van der Waals surface area contributed by atoms with E-state index in [0.717, 1.165) is 5.56 Å². The second-order valence-electron chi connectivity index (χ2n) is 4.97. The second-order valence-corrected chi connectivity index (χ2v) is 4.97. The average molecular weight is 236 g/mol. The van der Waals surface area contributed by atoms with Crippen LogP contribution < -0.4 is 5.73 Å². The van der Waals surface area contributed by atoms with Crippen LogP contribution in [0.4, 0.5) is 5.69 Å². The zero-order valence-electron chi connectivity index (χ0n) is 10.8. The molecule has 0 heterocycles. The largest absolute Gasteiger partial charge is 0.399 e. The Morgan fingerprint density at radius 2 is 2.00 bits per heavy atom. The molecule has 17 heavy (non-hydrogen) atoms. The standard InChI is InChI=1S/C13H20N2O2/c1-9-5-10(7-11(14)6-9)12(17)15(4)13(2,3)8-16/h5-7,16H,8,14H2,1-4H3. The minimum atomic E-state index is -0.588. The number of anilines is 1. The van der Waals surface area contributed by atoms with Gasteiger partial charge in [0.05, 0.1) is 12.1 Å². The van der Waals surface area contributed by atoms with Crippen LogP contribution in [-0.2, 0) is 0 Å². The van der Waals surface area contributed by atoms with Crippen LogP contribution in [0.25, 0.3) is 0 Å². The van der Waals surface area contributed by atoms with Gasteiger partial charge in [0.2, 0.25) is 0 Å². The molecule has 1 aromatic rings. The summed E-state index contributed by atoms with van der Waals surface area (Å²) in [5, 5.41) is 9.25. The van der Waals surface area contributed by atoms with Crippen LogP contribution in [0, 0.1) is 6.92 Å². The monoisotopic (exact) mass is 236 g/mol. The Morgan fingerprint density at radius 3 is 2.47 bits per heavy atom. The number of hydrogen-bond donors (Lipinski definition) is 2. The fraction of sp³-hybridized carbons (Fsp3) is 0.462. The molecule has 0 spiro atoms. The molecule has 0 bridgehead atoms. The molecule has 94 valence electrons. The maximum atomic E-state index is 12.2. The molecule has 0 aliphatic heterocycles. The van der Waals surface area contributed by atoms with Crippen molar-refractivity contribution in [1.29, 1.82) is 0 Å². The topological polar surface area (TPSA) is 66.6 Å². The third-order valence-electron chi connectivity index (χ3n) is 2.95. The van der Waals surface area contributed by atoms with E-state index < -0.39 is 5.54 Å². The number of amides is 1. The van der Waals surface area contributed by atoms with Gasteiger partial charge in [0.15, 0.2) is 0 Å². The molecule has 0 atom stereocenters. The lowest BCUT2D eigenvalue weighted by Gasteiger charge is -2.34. The summed E-state index contributed by atoms with van der Waals surface area (Å²) >= 11 is 0. The van der Waals surface area contributed by atoms with E-state index in [-0.39, 0.29) is 12.5 Å². The Labute approximate surface area is 102 Å². The lowest BCUT2D eigenvalue weighted by Crippen LogP contribution is -2.47. The zero-order valence-corrected chi connectivity index (χ0v) is 10.8. The first-order chi connectivity index (χ1) is 7.77. The number of carbonyl (C=O) groups is 1. The summed E-state index contributed by atoms with van der Waals surface area (Å²) in [6.07, 6.45) is 0. The van der Waals surface area contributed by atoms with Crippen LogP contribution in [0.2, 0.25) is 0 Å². The van der Waals surface area contributed by atoms with Crippen molar-refractivity contribution in [3.05, 3.63) is 29.3 Å². The number of aliphatic hydroxyl groups excluding tert-OH is 1. The molecular formula is C13H20N2O2. The third-order valence-corrected chi connectivity index (χ3v) is 2.95. The number of nitrogen functional groups attached to an aromatic ring is 1. The molecular weight excluding hydrogens is 216 g/mol. The van der Waals surface area contributed by atoms with Crippen LogP contribution in [0.3, 0.4) is 0 Å². The molecule has 4 nitrogen and oxygen atoms in total. The van der Waals surface area contributed by atoms with Crippen molar-refractivity contribution in [1.82, 2.24) is 4.90 Å². The quantitative estimate of drug-likeness (QED) is 0.780. The van der Waals surface area contributed by atoms with Gasteiger partial charge in [0, 0.05) is 18.3 Å². The summed E-state index contributed by atoms with van der Waals surface area (Å²) < 4.78 is 0. The van der Waals surface area contributed by atoms with Crippen LogP contribution in [0.15, 0.2) is 18.2 Å². The van der Waals surface area contributed by atoms with Crippen LogP contribution >= 0.6 is 0 Å². The highest BCUT2D eigenvalue weighted by Gasteiger charge is 2.27. The Hall–Kier alpha value is -1.55. The molecule has 0 aromatic heterocycles. The third kappa shape index (κ3) is 2.97. The minimum Gasteiger partial charge on any atom is -0.399 e. The molecule has 0 saturated carbocycles. The van der Waals surface area contributed by atoms with Crippen molar-refractivity contribution in [2.45, 2.75) is 26.3 Å². The van der Waals surface area contributed by atoms with Gasteiger partial charge in [-0.3, -0.25) is 4.79 Å². The molecule has 1 aromatic carbocycles. The number of aryl methyl sites for hydroxylation is 1.